The molecule has 0 aliphatic heterocycles. The number of hydrogen-bond donors (Lipinski definition) is 1. The molecular weight excluding hydrogens is 216 g/mol. The summed E-state index contributed by atoms with van der Waals surface area (Å²) < 4.78 is 7.35. The highest BCUT2D eigenvalue weighted by atomic mass is 16.5. The topological polar surface area (TPSA) is 52.0 Å². The third-order valence-corrected chi connectivity index (χ3v) is 2.15. The summed E-state index contributed by atoms with van der Waals surface area (Å²) in [4.78, 5) is 0. The zero-order valence-electron chi connectivity index (χ0n) is 10.00. The van der Waals surface area contributed by atoms with E-state index in [-0.39, 0.29) is 6.10 Å². The van der Waals surface area contributed by atoms with Gasteiger partial charge in [0.05, 0.1) is 12.6 Å². The van der Waals surface area contributed by atoms with Crippen LogP contribution >= 0.6 is 0 Å². The molecule has 0 amide bonds. The van der Waals surface area contributed by atoms with Crippen LogP contribution in [0.15, 0.2) is 36.9 Å². The molecule has 5 heteroatoms. The molecule has 1 N–H and O–H groups in total. The average Bonchev–Trinajstić information content (AvgIpc) is 2.79. The lowest BCUT2D eigenvalue weighted by atomic mass is 10.2. The van der Waals surface area contributed by atoms with E-state index in [4.69, 9.17) is 4.74 Å². The Hall–Kier alpha value is -2.04. The Balaban J connectivity index is 1.96. The van der Waals surface area contributed by atoms with Crippen molar-refractivity contribution in [2.45, 2.75) is 26.5 Å². The normalized spacial score (nSPS) is 10.5. The van der Waals surface area contributed by atoms with Crippen LogP contribution in [-0.2, 0) is 6.54 Å². The summed E-state index contributed by atoms with van der Waals surface area (Å²) in [7, 11) is 0. The molecule has 1 heterocycles. The molecule has 1 aromatic heterocycles. The van der Waals surface area contributed by atoms with E-state index >= 15 is 0 Å². The van der Waals surface area contributed by atoms with Gasteiger partial charge in [-0.3, -0.25) is 0 Å². The summed E-state index contributed by atoms with van der Waals surface area (Å²) in [6, 6.07) is 8.02. The van der Waals surface area contributed by atoms with Crippen molar-refractivity contribution in [3.63, 3.8) is 0 Å². The lowest BCUT2D eigenvalue weighted by molar-refractivity contribution is 0.242. The van der Waals surface area contributed by atoms with E-state index in [9.17, 15) is 0 Å². The van der Waals surface area contributed by atoms with Gasteiger partial charge in [-0.25, -0.2) is 4.68 Å². The first-order valence-corrected chi connectivity index (χ1v) is 5.58. The highest BCUT2D eigenvalue weighted by Gasteiger charge is 1.99. The molecule has 1 aromatic carbocycles. The Labute approximate surface area is 100 Å². The molecule has 0 unspecified atom stereocenters. The molecule has 0 aliphatic rings. The number of aromatic nitrogens is 3. The molecule has 0 bridgehead atoms. The van der Waals surface area contributed by atoms with Gasteiger partial charge in [0.15, 0.2) is 0 Å². The summed E-state index contributed by atoms with van der Waals surface area (Å²) >= 11 is 0. The van der Waals surface area contributed by atoms with Crippen LogP contribution < -0.4 is 10.2 Å². The maximum Gasteiger partial charge on any atom is 0.138 e. The van der Waals surface area contributed by atoms with Crippen molar-refractivity contribution in [3.05, 3.63) is 42.5 Å². The van der Waals surface area contributed by atoms with E-state index in [0.29, 0.717) is 6.54 Å². The predicted octanol–water partition coefficient (Wildman–Crippen LogP) is 1.81. The number of nitrogens with one attached hydrogen (secondary N) is 1. The molecule has 2 rings (SSSR count). The monoisotopic (exact) mass is 232 g/mol. The number of rotatable bonds is 5. The van der Waals surface area contributed by atoms with E-state index in [1.807, 2.05) is 38.1 Å². The molecule has 0 radical (unpaired) electrons. The maximum atomic E-state index is 5.63. The largest absolute Gasteiger partial charge is 0.491 e. The lowest BCUT2D eigenvalue weighted by Gasteiger charge is -2.11. The van der Waals surface area contributed by atoms with Crippen LogP contribution in [0.4, 0.5) is 0 Å². The van der Waals surface area contributed by atoms with Gasteiger partial charge in [0.1, 0.15) is 18.4 Å². The first-order chi connectivity index (χ1) is 8.24. The minimum Gasteiger partial charge on any atom is -0.491 e. The molecule has 0 aliphatic carbocycles. The minimum absolute atomic E-state index is 0.191. The van der Waals surface area contributed by atoms with Crippen molar-refractivity contribution in [1.29, 1.82) is 0 Å². The van der Waals surface area contributed by atoms with Gasteiger partial charge in [-0.2, -0.15) is 0 Å². The molecule has 17 heavy (non-hydrogen) atoms. The molecule has 0 saturated carbocycles. The Morgan fingerprint density at radius 2 is 2.06 bits per heavy atom. The molecule has 0 fully saturated rings. The SMILES string of the molecule is CC(C)Oc1cccc(CNn2cnnc2)c1. The van der Waals surface area contributed by atoms with Crippen LogP contribution in [0.2, 0.25) is 0 Å². The highest BCUT2D eigenvalue weighted by molar-refractivity contribution is 5.29. The molecule has 90 valence electrons. The second-order valence-electron chi connectivity index (χ2n) is 4.02. The number of ether oxygens (including phenoxy) is 1. The molecule has 5 nitrogen and oxygen atoms in total. The van der Waals surface area contributed by atoms with Gasteiger partial charge in [0, 0.05) is 0 Å². The fourth-order valence-corrected chi connectivity index (χ4v) is 1.47. The Morgan fingerprint density at radius 3 is 2.76 bits per heavy atom. The van der Waals surface area contributed by atoms with Crippen LogP contribution in [0.1, 0.15) is 19.4 Å². The molecule has 0 saturated heterocycles. The fraction of sp³-hybridized carbons (Fsp3) is 0.333. The van der Waals surface area contributed by atoms with Gasteiger partial charge in [-0.15, -0.1) is 10.2 Å². The first kappa shape index (κ1) is 11.4. The van der Waals surface area contributed by atoms with E-state index < -0.39 is 0 Å². The Morgan fingerprint density at radius 1 is 1.29 bits per heavy atom. The molecule has 2 aromatic rings. The van der Waals surface area contributed by atoms with Gasteiger partial charge in [0.2, 0.25) is 0 Å². The highest BCUT2D eigenvalue weighted by Crippen LogP contribution is 2.14. The summed E-state index contributed by atoms with van der Waals surface area (Å²) in [6.45, 7) is 4.73. The predicted molar refractivity (Wildman–Crippen MR) is 65.3 cm³/mol. The van der Waals surface area contributed by atoms with Crippen molar-refractivity contribution in [2.75, 3.05) is 5.43 Å². The van der Waals surface area contributed by atoms with Gasteiger partial charge in [-0.05, 0) is 31.5 Å². The van der Waals surface area contributed by atoms with Crippen molar-refractivity contribution in [2.24, 2.45) is 0 Å². The first-order valence-electron chi connectivity index (χ1n) is 5.58. The third-order valence-electron chi connectivity index (χ3n) is 2.15. The summed E-state index contributed by atoms with van der Waals surface area (Å²) in [5.74, 6) is 0.892. The third kappa shape index (κ3) is 3.48. The van der Waals surface area contributed by atoms with Crippen LogP contribution in [0, 0.1) is 0 Å². The Bertz CT molecular complexity index is 453. The van der Waals surface area contributed by atoms with Gasteiger partial charge >= 0.3 is 0 Å². The number of benzene rings is 1. The second kappa shape index (κ2) is 5.34. The zero-order chi connectivity index (χ0) is 12.1. The van der Waals surface area contributed by atoms with Crippen molar-refractivity contribution in [1.82, 2.24) is 14.9 Å². The average molecular weight is 232 g/mol. The van der Waals surface area contributed by atoms with E-state index in [0.717, 1.165) is 11.3 Å². The van der Waals surface area contributed by atoms with Crippen molar-refractivity contribution < 1.29 is 4.74 Å². The lowest BCUT2D eigenvalue weighted by Crippen LogP contribution is -2.12. The van der Waals surface area contributed by atoms with Gasteiger partial charge < -0.3 is 10.2 Å². The van der Waals surface area contributed by atoms with Crippen LogP contribution in [0.25, 0.3) is 0 Å². The fourth-order valence-electron chi connectivity index (χ4n) is 1.47. The number of hydrogen-bond acceptors (Lipinski definition) is 4. The van der Waals surface area contributed by atoms with Gasteiger partial charge in [-0.1, -0.05) is 12.1 Å². The zero-order valence-corrected chi connectivity index (χ0v) is 10.00. The summed E-state index contributed by atoms with van der Waals surface area (Å²) in [6.07, 6.45) is 3.43. The quantitative estimate of drug-likeness (QED) is 0.854. The van der Waals surface area contributed by atoms with Crippen LogP contribution in [-0.4, -0.2) is 21.0 Å². The summed E-state index contributed by atoms with van der Waals surface area (Å²) in [5, 5.41) is 7.43. The smallest absolute Gasteiger partial charge is 0.138 e. The Kier molecular flexibility index (Phi) is 3.59. The van der Waals surface area contributed by atoms with Crippen molar-refractivity contribution >= 4 is 0 Å². The van der Waals surface area contributed by atoms with Crippen LogP contribution in [0.5, 0.6) is 5.75 Å². The standard InChI is InChI=1S/C12H16N4O/c1-10(2)17-12-5-3-4-11(6-12)7-15-16-8-13-14-9-16/h3-6,8-10,15H,7H2,1-2H3. The van der Waals surface area contributed by atoms with E-state index in [1.54, 1.807) is 17.3 Å². The van der Waals surface area contributed by atoms with E-state index in [2.05, 4.69) is 15.6 Å². The molecule has 0 spiro atoms. The number of nitrogens with zero attached hydrogens (tertiary/aromatic N) is 3. The van der Waals surface area contributed by atoms with E-state index in [1.165, 1.54) is 0 Å². The second-order valence-corrected chi connectivity index (χ2v) is 4.02. The summed E-state index contributed by atoms with van der Waals surface area (Å²) in [5.41, 5.74) is 4.31. The molecule has 0 atom stereocenters. The van der Waals surface area contributed by atoms with Crippen molar-refractivity contribution in [3.8, 4) is 5.75 Å². The van der Waals surface area contributed by atoms with Crippen LogP contribution in [0.3, 0.4) is 0 Å². The maximum absolute atomic E-state index is 5.63. The molecular formula is C12H16N4O. The van der Waals surface area contributed by atoms with Gasteiger partial charge in [0.25, 0.3) is 0 Å². The minimum atomic E-state index is 0.191.